The Hall–Kier alpha value is -2.61. The van der Waals surface area contributed by atoms with E-state index in [1.54, 1.807) is 16.2 Å². The fourth-order valence-electron chi connectivity index (χ4n) is 3.27. The molecule has 2 heterocycles. The van der Waals surface area contributed by atoms with Crippen molar-refractivity contribution in [2.24, 2.45) is 0 Å². The van der Waals surface area contributed by atoms with E-state index in [0.29, 0.717) is 26.2 Å². The Morgan fingerprint density at radius 3 is 2.54 bits per heavy atom. The zero-order valence-corrected chi connectivity index (χ0v) is 16.0. The third kappa shape index (κ3) is 3.69. The van der Waals surface area contributed by atoms with E-state index < -0.39 is 11.7 Å². The highest BCUT2D eigenvalue weighted by molar-refractivity contribution is 7.22. The lowest BCUT2D eigenvalue weighted by Crippen LogP contribution is -2.48. The molecule has 1 saturated heterocycles. The van der Waals surface area contributed by atoms with Gasteiger partial charge >= 0.3 is 6.18 Å². The predicted octanol–water partition coefficient (Wildman–Crippen LogP) is 4.59. The lowest BCUT2D eigenvalue weighted by molar-refractivity contribution is -0.137. The summed E-state index contributed by atoms with van der Waals surface area (Å²) in [5.41, 5.74) is 1.40. The van der Waals surface area contributed by atoms with E-state index in [1.807, 2.05) is 19.1 Å². The van der Waals surface area contributed by atoms with Gasteiger partial charge < -0.3 is 9.80 Å². The zero-order valence-electron chi connectivity index (χ0n) is 15.2. The van der Waals surface area contributed by atoms with Crippen LogP contribution in [-0.4, -0.2) is 42.0 Å². The van der Waals surface area contributed by atoms with E-state index in [9.17, 15) is 18.0 Å². The Kier molecular flexibility index (Phi) is 4.74. The van der Waals surface area contributed by atoms with Gasteiger partial charge in [0.05, 0.1) is 15.8 Å². The average Bonchev–Trinajstić information content (AvgIpc) is 3.10. The molecule has 4 nitrogen and oxygen atoms in total. The molecule has 146 valence electrons. The topological polar surface area (TPSA) is 36.4 Å². The molecule has 2 aromatic carbocycles. The first-order chi connectivity index (χ1) is 13.3. The number of piperazine rings is 1. The average molecular weight is 405 g/mol. The monoisotopic (exact) mass is 405 g/mol. The quantitative estimate of drug-likeness (QED) is 0.626. The molecule has 1 fully saturated rings. The van der Waals surface area contributed by atoms with Crippen LogP contribution in [0.2, 0.25) is 0 Å². The van der Waals surface area contributed by atoms with Crippen molar-refractivity contribution in [3.8, 4) is 0 Å². The number of carbonyl (C=O) groups is 1. The predicted molar refractivity (Wildman–Crippen MR) is 104 cm³/mol. The van der Waals surface area contributed by atoms with Crippen LogP contribution in [0.4, 0.5) is 18.3 Å². The van der Waals surface area contributed by atoms with Crippen LogP contribution in [0.15, 0.2) is 42.5 Å². The maximum Gasteiger partial charge on any atom is 0.416 e. The molecule has 4 rings (SSSR count). The van der Waals surface area contributed by atoms with E-state index in [-0.39, 0.29) is 11.5 Å². The lowest BCUT2D eigenvalue weighted by atomic mass is 10.1. The Balaban J connectivity index is 1.45. The number of benzene rings is 2. The van der Waals surface area contributed by atoms with Gasteiger partial charge in [0.25, 0.3) is 5.91 Å². The second-order valence-corrected chi connectivity index (χ2v) is 7.83. The van der Waals surface area contributed by atoms with Gasteiger partial charge in [0.15, 0.2) is 5.13 Å². The summed E-state index contributed by atoms with van der Waals surface area (Å²) < 4.78 is 39.8. The van der Waals surface area contributed by atoms with Gasteiger partial charge in [-0.25, -0.2) is 4.98 Å². The van der Waals surface area contributed by atoms with Crippen molar-refractivity contribution < 1.29 is 18.0 Å². The number of nitrogens with zero attached hydrogens (tertiary/aromatic N) is 3. The maximum atomic E-state index is 12.9. The molecular weight excluding hydrogens is 387 g/mol. The highest BCUT2D eigenvalue weighted by Crippen LogP contribution is 2.31. The number of hydrogen-bond acceptors (Lipinski definition) is 4. The number of carbonyl (C=O) groups excluding carboxylic acids is 1. The van der Waals surface area contributed by atoms with E-state index in [4.69, 9.17) is 0 Å². The Labute approximate surface area is 164 Å². The van der Waals surface area contributed by atoms with Gasteiger partial charge in [0.1, 0.15) is 0 Å². The van der Waals surface area contributed by atoms with Gasteiger partial charge in [-0.05, 0) is 42.8 Å². The smallest absolute Gasteiger partial charge is 0.345 e. The van der Waals surface area contributed by atoms with Crippen molar-refractivity contribution in [3.05, 3.63) is 59.2 Å². The molecule has 1 aromatic heterocycles. The molecule has 0 atom stereocenters. The second kappa shape index (κ2) is 7.09. The molecule has 0 saturated carbocycles. The third-order valence-electron chi connectivity index (χ3n) is 4.81. The molecule has 0 unspecified atom stereocenters. The van der Waals surface area contributed by atoms with Crippen LogP contribution in [0, 0.1) is 6.92 Å². The minimum Gasteiger partial charge on any atom is -0.345 e. The standard InChI is InChI=1S/C20H18F3N3OS/c1-13-5-6-16-17(11-13)28-19(24-16)26-9-7-25(8-10-26)18(27)14-3-2-4-15(12-14)20(21,22)23/h2-6,11-12H,7-10H2,1H3. The molecule has 28 heavy (non-hydrogen) atoms. The Morgan fingerprint density at radius 2 is 1.82 bits per heavy atom. The summed E-state index contributed by atoms with van der Waals surface area (Å²) in [4.78, 5) is 21.0. The van der Waals surface area contributed by atoms with E-state index in [0.717, 1.165) is 27.5 Å². The summed E-state index contributed by atoms with van der Waals surface area (Å²) >= 11 is 1.62. The number of rotatable bonds is 2. The van der Waals surface area contributed by atoms with Gasteiger partial charge in [-0.15, -0.1) is 0 Å². The minimum atomic E-state index is -4.46. The molecule has 0 bridgehead atoms. The van der Waals surface area contributed by atoms with Crippen molar-refractivity contribution in [2.45, 2.75) is 13.1 Å². The van der Waals surface area contributed by atoms with Crippen LogP contribution >= 0.6 is 11.3 Å². The van der Waals surface area contributed by atoms with Gasteiger partial charge in [0.2, 0.25) is 0 Å². The van der Waals surface area contributed by atoms with Crippen molar-refractivity contribution in [1.82, 2.24) is 9.88 Å². The Morgan fingerprint density at radius 1 is 1.07 bits per heavy atom. The van der Waals surface area contributed by atoms with Crippen LogP contribution < -0.4 is 4.90 Å². The first kappa shape index (κ1) is 18.7. The van der Waals surface area contributed by atoms with Crippen molar-refractivity contribution in [2.75, 3.05) is 31.1 Å². The van der Waals surface area contributed by atoms with Gasteiger partial charge in [-0.3, -0.25) is 4.79 Å². The fraction of sp³-hybridized carbons (Fsp3) is 0.300. The maximum absolute atomic E-state index is 12.9. The van der Waals surface area contributed by atoms with Crippen LogP contribution in [0.3, 0.4) is 0 Å². The molecule has 1 aliphatic rings. The molecule has 1 aliphatic heterocycles. The number of hydrogen-bond donors (Lipinski definition) is 0. The van der Waals surface area contributed by atoms with Gasteiger partial charge in [-0.1, -0.05) is 23.5 Å². The summed E-state index contributed by atoms with van der Waals surface area (Å²) in [6.07, 6.45) is -4.46. The third-order valence-corrected chi connectivity index (χ3v) is 5.89. The SMILES string of the molecule is Cc1ccc2nc(N3CCN(C(=O)c4cccc(C(F)(F)F)c4)CC3)sc2c1. The number of fused-ring (bicyclic) bond motifs is 1. The number of thiazole rings is 1. The molecule has 8 heteroatoms. The summed E-state index contributed by atoms with van der Waals surface area (Å²) in [5.74, 6) is -0.370. The number of aryl methyl sites for hydroxylation is 1. The largest absolute Gasteiger partial charge is 0.416 e. The number of anilines is 1. The lowest BCUT2D eigenvalue weighted by Gasteiger charge is -2.34. The summed E-state index contributed by atoms with van der Waals surface area (Å²) in [7, 11) is 0. The normalized spacial score (nSPS) is 15.3. The van der Waals surface area contributed by atoms with Crippen LogP contribution in [0.1, 0.15) is 21.5 Å². The zero-order chi connectivity index (χ0) is 19.9. The van der Waals surface area contributed by atoms with Crippen LogP contribution in [0.5, 0.6) is 0 Å². The van der Waals surface area contributed by atoms with Gasteiger partial charge in [-0.2, -0.15) is 13.2 Å². The molecule has 0 aliphatic carbocycles. The molecule has 3 aromatic rings. The number of alkyl halides is 3. The van der Waals surface area contributed by atoms with Gasteiger partial charge in [0, 0.05) is 31.7 Å². The molecular formula is C20H18F3N3OS. The molecule has 1 amide bonds. The molecule has 0 N–H and O–H groups in total. The summed E-state index contributed by atoms with van der Waals surface area (Å²) in [6, 6.07) is 10.7. The molecule has 0 spiro atoms. The fourth-order valence-corrected chi connectivity index (χ4v) is 4.38. The first-order valence-electron chi connectivity index (χ1n) is 8.90. The van der Waals surface area contributed by atoms with E-state index in [1.165, 1.54) is 17.7 Å². The molecule has 0 radical (unpaired) electrons. The number of amides is 1. The van der Waals surface area contributed by atoms with Crippen molar-refractivity contribution in [1.29, 1.82) is 0 Å². The van der Waals surface area contributed by atoms with Crippen molar-refractivity contribution >= 4 is 32.6 Å². The summed E-state index contributed by atoms with van der Waals surface area (Å²) in [6.45, 7) is 4.14. The first-order valence-corrected chi connectivity index (χ1v) is 9.71. The minimum absolute atomic E-state index is 0.0683. The van der Waals surface area contributed by atoms with Crippen LogP contribution in [0.25, 0.3) is 10.2 Å². The van der Waals surface area contributed by atoms with E-state index >= 15 is 0 Å². The summed E-state index contributed by atoms with van der Waals surface area (Å²) in [5, 5.41) is 0.909. The highest BCUT2D eigenvalue weighted by Gasteiger charge is 2.32. The Bertz CT molecular complexity index is 1020. The second-order valence-electron chi connectivity index (χ2n) is 6.83. The van der Waals surface area contributed by atoms with Crippen LogP contribution in [-0.2, 0) is 6.18 Å². The van der Waals surface area contributed by atoms with E-state index in [2.05, 4.69) is 16.0 Å². The number of halogens is 3. The van der Waals surface area contributed by atoms with Crippen molar-refractivity contribution in [3.63, 3.8) is 0 Å². The highest BCUT2D eigenvalue weighted by atomic mass is 32.1. The number of aromatic nitrogens is 1.